The maximum absolute atomic E-state index is 12.3. The number of benzene rings is 1. The molecular formula is C25H42O2. The summed E-state index contributed by atoms with van der Waals surface area (Å²) in [5, 5.41) is 0. The van der Waals surface area contributed by atoms with Gasteiger partial charge in [-0.05, 0) is 36.8 Å². The number of hydrogen-bond acceptors (Lipinski definition) is 2. The molecule has 0 heterocycles. The van der Waals surface area contributed by atoms with E-state index in [2.05, 4.69) is 26.8 Å². The normalized spacial score (nSPS) is 12.1. The summed E-state index contributed by atoms with van der Waals surface area (Å²) in [5.74, 6) is 0.458. The second-order valence-corrected chi connectivity index (χ2v) is 8.06. The zero-order chi connectivity index (χ0) is 19.7. The van der Waals surface area contributed by atoms with Gasteiger partial charge in [0, 0.05) is 0 Å². The first-order chi connectivity index (χ1) is 13.2. The van der Waals surface area contributed by atoms with Gasteiger partial charge in [0.05, 0.1) is 13.0 Å². The van der Waals surface area contributed by atoms with E-state index in [1.807, 2.05) is 18.2 Å². The van der Waals surface area contributed by atoms with Crippen LogP contribution >= 0.6 is 0 Å². The van der Waals surface area contributed by atoms with Gasteiger partial charge in [-0.1, -0.05) is 102 Å². The average molecular weight is 375 g/mol. The number of unbranched alkanes of at least 4 members (excludes halogenated alkanes) is 8. The Hall–Kier alpha value is -1.31. The van der Waals surface area contributed by atoms with Crippen LogP contribution in [0.25, 0.3) is 0 Å². The Morgan fingerprint density at radius 1 is 0.852 bits per heavy atom. The topological polar surface area (TPSA) is 26.3 Å². The van der Waals surface area contributed by atoms with Crippen LogP contribution in [0.4, 0.5) is 0 Å². The summed E-state index contributed by atoms with van der Waals surface area (Å²) in [4.78, 5) is 12.3. The van der Waals surface area contributed by atoms with Crippen LogP contribution in [0.2, 0.25) is 0 Å². The van der Waals surface area contributed by atoms with Gasteiger partial charge in [-0.15, -0.1) is 0 Å². The number of rotatable bonds is 16. The fourth-order valence-electron chi connectivity index (χ4n) is 3.61. The molecule has 0 spiro atoms. The van der Waals surface area contributed by atoms with E-state index in [1.165, 1.54) is 77.0 Å². The van der Waals surface area contributed by atoms with Crippen molar-refractivity contribution >= 4 is 5.97 Å². The third kappa shape index (κ3) is 11.9. The maximum Gasteiger partial charge on any atom is 0.310 e. The first kappa shape index (κ1) is 23.7. The minimum Gasteiger partial charge on any atom is -0.465 e. The zero-order valence-corrected chi connectivity index (χ0v) is 18.1. The molecule has 0 amide bonds. The molecule has 27 heavy (non-hydrogen) atoms. The molecule has 2 nitrogen and oxygen atoms in total. The molecule has 1 rings (SSSR count). The second-order valence-electron chi connectivity index (χ2n) is 8.06. The van der Waals surface area contributed by atoms with Crippen LogP contribution in [0.3, 0.4) is 0 Å². The van der Waals surface area contributed by atoms with Crippen molar-refractivity contribution in [2.45, 2.75) is 104 Å². The van der Waals surface area contributed by atoms with Crippen molar-refractivity contribution in [3.63, 3.8) is 0 Å². The number of aryl methyl sites for hydroxylation is 1. The van der Waals surface area contributed by atoms with Crippen LogP contribution in [0.15, 0.2) is 24.3 Å². The smallest absolute Gasteiger partial charge is 0.310 e. The van der Waals surface area contributed by atoms with Crippen molar-refractivity contribution in [2.24, 2.45) is 5.92 Å². The lowest BCUT2D eigenvalue weighted by molar-refractivity contribution is -0.144. The Balaban J connectivity index is 2.34. The monoisotopic (exact) mass is 374 g/mol. The number of carbonyl (C=O) groups excluding carboxylic acids is 1. The number of carbonyl (C=O) groups is 1. The first-order valence-corrected chi connectivity index (χ1v) is 11.4. The Labute approximate surface area is 168 Å². The Bertz CT molecular complexity index is 495. The SMILES string of the molecule is CCCCCCCCC(CCCCCC)COC(=O)Cc1ccccc1C. The van der Waals surface area contributed by atoms with Crippen LogP contribution in [0.1, 0.15) is 102 Å². The molecule has 0 fully saturated rings. The quantitative estimate of drug-likeness (QED) is 0.222. The van der Waals surface area contributed by atoms with Crippen LogP contribution in [-0.2, 0) is 16.0 Å². The molecule has 0 radical (unpaired) electrons. The molecule has 0 aliphatic carbocycles. The van der Waals surface area contributed by atoms with Crippen molar-refractivity contribution < 1.29 is 9.53 Å². The highest BCUT2D eigenvalue weighted by Crippen LogP contribution is 2.20. The summed E-state index contributed by atoms with van der Waals surface area (Å²) in [7, 11) is 0. The predicted molar refractivity (Wildman–Crippen MR) is 116 cm³/mol. The summed E-state index contributed by atoms with van der Waals surface area (Å²) < 4.78 is 5.68. The molecule has 1 aromatic carbocycles. The van der Waals surface area contributed by atoms with Crippen LogP contribution in [0.5, 0.6) is 0 Å². The molecule has 0 saturated heterocycles. The molecule has 0 aliphatic rings. The highest BCUT2D eigenvalue weighted by Gasteiger charge is 2.13. The number of esters is 1. The summed E-state index contributed by atoms with van der Waals surface area (Å²) in [6.07, 6.45) is 15.9. The van der Waals surface area contributed by atoms with E-state index in [1.54, 1.807) is 0 Å². The van der Waals surface area contributed by atoms with Crippen molar-refractivity contribution in [1.29, 1.82) is 0 Å². The Kier molecular flexibility index (Phi) is 13.8. The van der Waals surface area contributed by atoms with Gasteiger partial charge in [0.1, 0.15) is 0 Å². The highest BCUT2D eigenvalue weighted by molar-refractivity contribution is 5.73. The van der Waals surface area contributed by atoms with Gasteiger partial charge >= 0.3 is 5.97 Å². The molecule has 1 atom stereocenters. The highest BCUT2D eigenvalue weighted by atomic mass is 16.5. The van der Waals surface area contributed by atoms with E-state index >= 15 is 0 Å². The maximum atomic E-state index is 12.3. The molecule has 0 aliphatic heterocycles. The van der Waals surface area contributed by atoms with Gasteiger partial charge in [0.25, 0.3) is 0 Å². The summed E-state index contributed by atoms with van der Waals surface area (Å²) in [6, 6.07) is 8.08. The molecular weight excluding hydrogens is 332 g/mol. The minimum atomic E-state index is -0.0780. The van der Waals surface area contributed by atoms with E-state index in [0.717, 1.165) is 11.1 Å². The van der Waals surface area contributed by atoms with Crippen molar-refractivity contribution in [3.8, 4) is 0 Å². The third-order valence-corrected chi connectivity index (χ3v) is 5.51. The van der Waals surface area contributed by atoms with E-state index in [-0.39, 0.29) is 5.97 Å². The average Bonchev–Trinajstić information content (AvgIpc) is 2.67. The van der Waals surface area contributed by atoms with Gasteiger partial charge in [-0.3, -0.25) is 4.79 Å². The van der Waals surface area contributed by atoms with Crippen molar-refractivity contribution in [1.82, 2.24) is 0 Å². The van der Waals surface area contributed by atoms with E-state index in [9.17, 15) is 4.79 Å². The zero-order valence-electron chi connectivity index (χ0n) is 18.1. The second kappa shape index (κ2) is 15.7. The van der Waals surface area contributed by atoms with Gasteiger partial charge in [0.15, 0.2) is 0 Å². The molecule has 0 N–H and O–H groups in total. The lowest BCUT2D eigenvalue weighted by Gasteiger charge is -2.17. The molecule has 0 bridgehead atoms. The van der Waals surface area contributed by atoms with Crippen LogP contribution in [0, 0.1) is 12.8 Å². The Morgan fingerprint density at radius 2 is 1.41 bits per heavy atom. The lowest BCUT2D eigenvalue weighted by Crippen LogP contribution is -2.16. The standard InChI is InChI=1S/C25H42O2/c1-4-6-8-10-11-13-18-23(17-12-9-7-5-2)21-27-25(26)20-24-19-15-14-16-22(24)3/h14-16,19,23H,4-13,17-18,20-21H2,1-3H3. The Morgan fingerprint density at radius 3 is 2.04 bits per heavy atom. The van der Waals surface area contributed by atoms with Gasteiger partial charge in [-0.25, -0.2) is 0 Å². The lowest BCUT2D eigenvalue weighted by atomic mass is 9.95. The molecule has 1 aromatic rings. The summed E-state index contributed by atoms with van der Waals surface area (Å²) in [5.41, 5.74) is 2.25. The third-order valence-electron chi connectivity index (χ3n) is 5.51. The summed E-state index contributed by atoms with van der Waals surface area (Å²) >= 11 is 0. The molecule has 1 unspecified atom stereocenters. The fourth-order valence-corrected chi connectivity index (χ4v) is 3.61. The molecule has 0 aromatic heterocycles. The van der Waals surface area contributed by atoms with Gasteiger partial charge < -0.3 is 4.74 Å². The molecule has 154 valence electrons. The fraction of sp³-hybridized carbons (Fsp3) is 0.720. The first-order valence-electron chi connectivity index (χ1n) is 11.4. The van der Waals surface area contributed by atoms with Crippen molar-refractivity contribution in [2.75, 3.05) is 6.61 Å². The van der Waals surface area contributed by atoms with E-state index in [4.69, 9.17) is 4.74 Å². The predicted octanol–water partition coefficient (Wildman–Crippen LogP) is 7.42. The van der Waals surface area contributed by atoms with Crippen molar-refractivity contribution in [3.05, 3.63) is 35.4 Å². The van der Waals surface area contributed by atoms with Gasteiger partial charge in [-0.2, -0.15) is 0 Å². The van der Waals surface area contributed by atoms with E-state index < -0.39 is 0 Å². The number of hydrogen-bond donors (Lipinski definition) is 0. The minimum absolute atomic E-state index is 0.0780. The molecule has 0 saturated carbocycles. The van der Waals surface area contributed by atoms with E-state index in [0.29, 0.717) is 18.9 Å². The molecule has 2 heteroatoms. The van der Waals surface area contributed by atoms with Crippen LogP contribution in [-0.4, -0.2) is 12.6 Å². The van der Waals surface area contributed by atoms with Gasteiger partial charge in [0.2, 0.25) is 0 Å². The van der Waals surface area contributed by atoms with Crippen LogP contribution < -0.4 is 0 Å². The largest absolute Gasteiger partial charge is 0.465 e. The number of ether oxygens (including phenoxy) is 1. The summed E-state index contributed by atoms with van der Waals surface area (Å²) in [6.45, 7) is 7.17.